The quantitative estimate of drug-likeness (QED) is 0.596. The molecule has 0 spiro atoms. The Hall–Kier alpha value is -2.70. The van der Waals surface area contributed by atoms with E-state index >= 15 is 0 Å². The Bertz CT molecular complexity index is 800. The molecule has 0 bridgehead atoms. The summed E-state index contributed by atoms with van der Waals surface area (Å²) < 4.78 is 0. The molecule has 7 heteroatoms. The average molecular weight is 381 g/mol. The van der Waals surface area contributed by atoms with Crippen LogP contribution in [0, 0.1) is 16.0 Å². The van der Waals surface area contributed by atoms with Crippen LogP contribution >= 0.6 is 0 Å². The highest BCUT2D eigenvalue weighted by Gasteiger charge is 2.31. The summed E-state index contributed by atoms with van der Waals surface area (Å²) in [7, 11) is 0. The van der Waals surface area contributed by atoms with E-state index in [-0.39, 0.29) is 16.7 Å². The normalized spacial score (nSPS) is 18.4. The summed E-state index contributed by atoms with van der Waals surface area (Å²) in [6.07, 6.45) is 8.97. The van der Waals surface area contributed by atoms with Crippen molar-refractivity contribution in [2.24, 2.45) is 5.92 Å². The van der Waals surface area contributed by atoms with Crippen LogP contribution in [0.25, 0.3) is 0 Å². The van der Waals surface area contributed by atoms with Crippen LogP contribution in [-0.2, 0) is 6.42 Å². The van der Waals surface area contributed by atoms with Crippen LogP contribution in [0.5, 0.6) is 0 Å². The molecule has 1 saturated carbocycles. The minimum Gasteiger partial charge on any atom is -0.361 e. The zero-order valence-corrected chi connectivity index (χ0v) is 16.1. The van der Waals surface area contributed by atoms with E-state index in [1.807, 2.05) is 6.07 Å². The van der Waals surface area contributed by atoms with Gasteiger partial charge in [-0.1, -0.05) is 43.2 Å². The van der Waals surface area contributed by atoms with Gasteiger partial charge in [0, 0.05) is 19.1 Å². The number of anilines is 2. The maximum Gasteiger partial charge on any atom is 0.353 e. The third kappa shape index (κ3) is 4.24. The molecule has 28 heavy (non-hydrogen) atoms. The van der Waals surface area contributed by atoms with Crippen LogP contribution in [-0.4, -0.2) is 34.0 Å². The van der Waals surface area contributed by atoms with Crippen molar-refractivity contribution in [2.45, 2.75) is 51.0 Å². The van der Waals surface area contributed by atoms with E-state index in [0.29, 0.717) is 17.6 Å². The minimum atomic E-state index is -0.331. The van der Waals surface area contributed by atoms with Crippen molar-refractivity contribution in [3.63, 3.8) is 0 Å². The molecular formula is C21H27N5O2. The molecule has 4 rings (SSSR count). The Kier molecular flexibility index (Phi) is 5.69. The molecule has 1 N–H and O–H groups in total. The lowest BCUT2D eigenvalue weighted by molar-refractivity contribution is -0.383. The fourth-order valence-corrected chi connectivity index (χ4v) is 4.43. The second-order valence-corrected chi connectivity index (χ2v) is 7.90. The highest BCUT2D eigenvalue weighted by Crippen LogP contribution is 2.36. The monoisotopic (exact) mass is 381 g/mol. The SMILES string of the molecule is O=[N+]([O-])c1c(NC2CCCC2)ncnc1N1CCC(Cc2ccccc2)CC1. The van der Waals surface area contributed by atoms with Crippen molar-refractivity contribution >= 4 is 17.3 Å². The van der Waals surface area contributed by atoms with Gasteiger partial charge in [0.2, 0.25) is 11.6 Å². The van der Waals surface area contributed by atoms with Crippen LogP contribution in [0.3, 0.4) is 0 Å². The van der Waals surface area contributed by atoms with Crippen LogP contribution in [0.2, 0.25) is 0 Å². The molecule has 1 aromatic heterocycles. The first-order chi connectivity index (χ1) is 13.7. The zero-order valence-electron chi connectivity index (χ0n) is 16.1. The Balaban J connectivity index is 1.46. The number of piperidine rings is 1. The summed E-state index contributed by atoms with van der Waals surface area (Å²) in [5, 5.41) is 15.1. The highest BCUT2D eigenvalue weighted by atomic mass is 16.6. The van der Waals surface area contributed by atoms with Gasteiger partial charge >= 0.3 is 5.69 Å². The smallest absolute Gasteiger partial charge is 0.353 e. The molecule has 1 saturated heterocycles. The molecule has 0 amide bonds. The maximum atomic E-state index is 11.8. The summed E-state index contributed by atoms with van der Waals surface area (Å²) in [5.41, 5.74) is 1.38. The summed E-state index contributed by atoms with van der Waals surface area (Å²) in [5.74, 6) is 1.43. The summed E-state index contributed by atoms with van der Waals surface area (Å²) in [4.78, 5) is 22.0. The Labute approximate surface area is 165 Å². The molecule has 2 heterocycles. The molecule has 1 aliphatic carbocycles. The number of hydrogen-bond donors (Lipinski definition) is 1. The van der Waals surface area contributed by atoms with Gasteiger partial charge in [-0.15, -0.1) is 0 Å². The molecule has 1 aromatic carbocycles. The van der Waals surface area contributed by atoms with E-state index in [4.69, 9.17) is 0 Å². The zero-order chi connectivity index (χ0) is 19.3. The van der Waals surface area contributed by atoms with E-state index in [1.165, 1.54) is 24.7 Å². The van der Waals surface area contributed by atoms with Crippen molar-refractivity contribution in [1.29, 1.82) is 0 Å². The molecule has 0 atom stereocenters. The highest BCUT2D eigenvalue weighted by molar-refractivity contribution is 5.70. The maximum absolute atomic E-state index is 11.8. The van der Waals surface area contributed by atoms with Crippen LogP contribution < -0.4 is 10.2 Å². The van der Waals surface area contributed by atoms with Gasteiger partial charge in [0.05, 0.1) is 4.92 Å². The molecule has 2 fully saturated rings. The number of aromatic nitrogens is 2. The van der Waals surface area contributed by atoms with E-state index in [0.717, 1.165) is 45.2 Å². The number of hydrogen-bond acceptors (Lipinski definition) is 6. The second kappa shape index (κ2) is 8.54. The minimum absolute atomic E-state index is 0.0240. The van der Waals surface area contributed by atoms with Crippen molar-refractivity contribution in [3.8, 4) is 0 Å². The van der Waals surface area contributed by atoms with Gasteiger partial charge in [-0.2, -0.15) is 0 Å². The van der Waals surface area contributed by atoms with E-state index in [1.54, 1.807) is 0 Å². The van der Waals surface area contributed by atoms with Crippen molar-refractivity contribution in [1.82, 2.24) is 9.97 Å². The van der Waals surface area contributed by atoms with Gasteiger partial charge in [0.1, 0.15) is 6.33 Å². The van der Waals surface area contributed by atoms with E-state index in [2.05, 4.69) is 44.5 Å². The molecular weight excluding hydrogens is 354 g/mol. The van der Waals surface area contributed by atoms with Gasteiger partial charge in [-0.25, -0.2) is 9.97 Å². The van der Waals surface area contributed by atoms with Gasteiger partial charge < -0.3 is 10.2 Å². The molecule has 1 aliphatic heterocycles. The second-order valence-electron chi connectivity index (χ2n) is 7.90. The first kappa shape index (κ1) is 18.7. The van der Waals surface area contributed by atoms with Crippen molar-refractivity contribution in [3.05, 3.63) is 52.3 Å². The first-order valence-electron chi connectivity index (χ1n) is 10.3. The summed E-state index contributed by atoms with van der Waals surface area (Å²) >= 11 is 0. The Morgan fingerprint density at radius 1 is 1.07 bits per heavy atom. The van der Waals surface area contributed by atoms with Gasteiger partial charge in [0.25, 0.3) is 0 Å². The van der Waals surface area contributed by atoms with E-state index in [9.17, 15) is 10.1 Å². The van der Waals surface area contributed by atoms with Crippen LogP contribution in [0.15, 0.2) is 36.7 Å². The first-order valence-corrected chi connectivity index (χ1v) is 10.3. The molecule has 2 aliphatic rings. The van der Waals surface area contributed by atoms with Gasteiger partial charge in [0.15, 0.2) is 0 Å². The number of benzene rings is 1. The number of rotatable bonds is 6. The summed E-state index contributed by atoms with van der Waals surface area (Å²) in [6, 6.07) is 10.8. The van der Waals surface area contributed by atoms with Crippen LogP contribution in [0.1, 0.15) is 44.1 Å². The predicted molar refractivity (Wildman–Crippen MR) is 110 cm³/mol. The van der Waals surface area contributed by atoms with Gasteiger partial charge in [-0.3, -0.25) is 10.1 Å². The molecule has 7 nitrogen and oxygen atoms in total. The Morgan fingerprint density at radius 3 is 2.46 bits per heavy atom. The number of nitro groups is 1. The number of nitrogens with zero attached hydrogens (tertiary/aromatic N) is 4. The fourth-order valence-electron chi connectivity index (χ4n) is 4.43. The van der Waals surface area contributed by atoms with E-state index < -0.39 is 0 Å². The molecule has 0 unspecified atom stereocenters. The average Bonchev–Trinajstić information content (AvgIpc) is 3.22. The third-order valence-electron chi connectivity index (χ3n) is 5.96. The largest absolute Gasteiger partial charge is 0.361 e. The topological polar surface area (TPSA) is 84.2 Å². The lowest BCUT2D eigenvalue weighted by atomic mass is 9.90. The van der Waals surface area contributed by atoms with Crippen molar-refractivity contribution in [2.75, 3.05) is 23.3 Å². The predicted octanol–water partition coefficient (Wildman–Crippen LogP) is 4.20. The fraction of sp³-hybridized carbons (Fsp3) is 0.524. The lowest BCUT2D eigenvalue weighted by Gasteiger charge is -2.32. The van der Waals surface area contributed by atoms with Gasteiger partial charge in [-0.05, 0) is 43.6 Å². The molecule has 0 radical (unpaired) electrons. The van der Waals surface area contributed by atoms with Crippen LogP contribution in [0.4, 0.5) is 17.3 Å². The van der Waals surface area contributed by atoms with Crippen molar-refractivity contribution < 1.29 is 4.92 Å². The molecule has 148 valence electrons. The lowest BCUT2D eigenvalue weighted by Crippen LogP contribution is -2.35. The number of nitrogens with one attached hydrogen (secondary N) is 1. The summed E-state index contributed by atoms with van der Waals surface area (Å²) in [6.45, 7) is 1.58. The standard InChI is InChI=1S/C21H27N5O2/c27-26(28)19-20(24-18-8-4-5-9-18)22-15-23-21(19)25-12-10-17(11-13-25)14-16-6-2-1-3-7-16/h1-3,6-7,15,17-18H,4-5,8-14H2,(H,22,23,24). The Morgan fingerprint density at radius 2 is 1.79 bits per heavy atom. The third-order valence-corrected chi connectivity index (χ3v) is 5.96. The molecule has 2 aromatic rings.